The number of hydrogen-bond donors (Lipinski definition) is 1. The van der Waals surface area contributed by atoms with Gasteiger partial charge in [-0.05, 0) is 55.9 Å². The second-order valence-electron chi connectivity index (χ2n) is 8.49. The van der Waals surface area contributed by atoms with E-state index in [1.165, 1.54) is 30.6 Å². The minimum Gasteiger partial charge on any atom is -0.368 e. The fourth-order valence-electron chi connectivity index (χ4n) is 4.74. The molecule has 1 aromatic carbocycles. The quantitative estimate of drug-likeness (QED) is 0.777. The fourth-order valence-corrected chi connectivity index (χ4v) is 5.85. The SMILES string of the molecule is N#C[C@@H]1CSCN1C(=O)CNC(=O)c1ccnc2ccc(N3CCC[C@H]3C3CC3)cc12. The molecule has 0 bridgehead atoms. The van der Waals surface area contributed by atoms with Crippen LogP contribution >= 0.6 is 11.8 Å². The number of nitriles is 1. The molecule has 3 heterocycles. The number of nitrogens with zero attached hydrogens (tertiary/aromatic N) is 4. The van der Waals surface area contributed by atoms with Gasteiger partial charge in [0.2, 0.25) is 5.91 Å². The third-order valence-corrected chi connectivity index (χ3v) is 7.53. The van der Waals surface area contributed by atoms with Crippen LogP contribution in [0.1, 0.15) is 36.0 Å². The summed E-state index contributed by atoms with van der Waals surface area (Å²) in [6.07, 6.45) is 6.72. The lowest BCUT2D eigenvalue weighted by molar-refractivity contribution is -0.129. The Morgan fingerprint density at radius 2 is 2.13 bits per heavy atom. The number of fused-ring (bicyclic) bond motifs is 1. The van der Waals surface area contributed by atoms with Gasteiger partial charge in [0.05, 0.1) is 29.6 Å². The summed E-state index contributed by atoms with van der Waals surface area (Å²) >= 11 is 1.55. The van der Waals surface area contributed by atoms with Gasteiger partial charge in [0.15, 0.2) is 0 Å². The van der Waals surface area contributed by atoms with Crippen molar-refractivity contribution in [1.29, 1.82) is 5.26 Å². The molecular formula is C23H25N5O2S. The first kappa shape index (κ1) is 20.1. The first-order valence-electron chi connectivity index (χ1n) is 10.9. The molecule has 7 nitrogen and oxygen atoms in total. The fraction of sp³-hybridized carbons (Fsp3) is 0.478. The Morgan fingerprint density at radius 1 is 1.26 bits per heavy atom. The highest BCUT2D eigenvalue weighted by Crippen LogP contribution is 2.42. The molecule has 1 aromatic heterocycles. The molecule has 31 heavy (non-hydrogen) atoms. The van der Waals surface area contributed by atoms with Gasteiger partial charge >= 0.3 is 0 Å². The van der Waals surface area contributed by atoms with E-state index in [0.29, 0.717) is 23.2 Å². The first-order chi connectivity index (χ1) is 15.2. The van der Waals surface area contributed by atoms with Crippen LogP contribution in [0.15, 0.2) is 30.5 Å². The number of carbonyl (C=O) groups is 2. The minimum absolute atomic E-state index is 0.114. The minimum atomic E-state index is -0.418. The Kier molecular flexibility index (Phi) is 5.45. The maximum absolute atomic E-state index is 13.0. The number of nitrogens with one attached hydrogen (secondary N) is 1. The summed E-state index contributed by atoms with van der Waals surface area (Å²) in [5, 5.41) is 12.7. The maximum atomic E-state index is 13.0. The Balaban J connectivity index is 1.34. The van der Waals surface area contributed by atoms with Gasteiger partial charge in [0.1, 0.15) is 6.04 Å². The molecule has 0 radical (unpaired) electrons. The number of anilines is 1. The second kappa shape index (κ2) is 8.39. The highest BCUT2D eigenvalue weighted by molar-refractivity contribution is 7.99. The zero-order chi connectivity index (χ0) is 21.4. The zero-order valence-electron chi connectivity index (χ0n) is 17.3. The number of carbonyl (C=O) groups excluding carboxylic acids is 2. The zero-order valence-corrected chi connectivity index (χ0v) is 18.1. The van der Waals surface area contributed by atoms with Crippen molar-refractivity contribution >= 4 is 40.2 Å². The van der Waals surface area contributed by atoms with Crippen molar-refractivity contribution in [1.82, 2.24) is 15.2 Å². The van der Waals surface area contributed by atoms with E-state index in [1.54, 1.807) is 24.0 Å². The number of thioether (sulfide) groups is 1. The lowest BCUT2D eigenvalue weighted by atomic mass is 10.1. The molecule has 5 rings (SSSR count). The standard InChI is InChI=1S/C23H25N5O2S/c24-11-17-13-31-14-28(17)22(29)12-26-23(30)18-7-8-25-20-6-5-16(10-19(18)20)27-9-1-2-21(27)15-3-4-15/h5-8,10,15,17,21H,1-4,9,12-14H2,(H,26,30)/t17-,21+/m1/s1. The van der Waals surface area contributed by atoms with Crippen LogP contribution < -0.4 is 10.2 Å². The number of rotatable bonds is 5. The van der Waals surface area contributed by atoms with Gasteiger partial charge in [0, 0.05) is 35.6 Å². The Morgan fingerprint density at radius 3 is 2.94 bits per heavy atom. The first-order valence-corrected chi connectivity index (χ1v) is 12.0. The van der Waals surface area contributed by atoms with Crippen molar-refractivity contribution in [3.05, 3.63) is 36.0 Å². The van der Waals surface area contributed by atoms with Gasteiger partial charge in [0.25, 0.3) is 5.91 Å². The van der Waals surface area contributed by atoms with E-state index in [1.807, 2.05) is 6.07 Å². The lowest BCUT2D eigenvalue weighted by Gasteiger charge is -2.27. The largest absolute Gasteiger partial charge is 0.368 e. The Bertz CT molecular complexity index is 1060. The molecule has 1 saturated carbocycles. The molecule has 2 amide bonds. The predicted molar refractivity (Wildman–Crippen MR) is 121 cm³/mol. The normalized spacial score (nSPS) is 23.2. The number of pyridine rings is 1. The average molecular weight is 436 g/mol. The van der Waals surface area contributed by atoms with Crippen LogP contribution in [0.25, 0.3) is 10.9 Å². The molecular weight excluding hydrogens is 410 g/mol. The van der Waals surface area contributed by atoms with Gasteiger partial charge in [-0.2, -0.15) is 5.26 Å². The van der Waals surface area contributed by atoms with Gasteiger partial charge in [-0.3, -0.25) is 14.6 Å². The third kappa shape index (κ3) is 3.94. The monoisotopic (exact) mass is 435 g/mol. The van der Waals surface area contributed by atoms with Crippen molar-refractivity contribution in [2.24, 2.45) is 5.92 Å². The number of amides is 2. The van der Waals surface area contributed by atoms with Crippen LogP contribution in [0.4, 0.5) is 5.69 Å². The molecule has 160 valence electrons. The van der Waals surface area contributed by atoms with E-state index in [-0.39, 0.29) is 18.4 Å². The Labute approximate surface area is 185 Å². The van der Waals surface area contributed by atoms with Crippen LogP contribution in [0, 0.1) is 17.2 Å². The molecule has 0 unspecified atom stereocenters. The summed E-state index contributed by atoms with van der Waals surface area (Å²) in [4.78, 5) is 33.9. The summed E-state index contributed by atoms with van der Waals surface area (Å²) in [6.45, 7) is 0.938. The molecule has 0 spiro atoms. The average Bonchev–Trinajstić information content (AvgIpc) is 3.33. The molecule has 2 aromatic rings. The molecule has 3 fully saturated rings. The van der Waals surface area contributed by atoms with Crippen molar-refractivity contribution in [3.63, 3.8) is 0 Å². The smallest absolute Gasteiger partial charge is 0.252 e. The van der Waals surface area contributed by atoms with E-state index in [2.05, 4.69) is 33.4 Å². The van der Waals surface area contributed by atoms with E-state index in [9.17, 15) is 14.9 Å². The summed E-state index contributed by atoms with van der Waals surface area (Å²) < 4.78 is 0. The van der Waals surface area contributed by atoms with Crippen molar-refractivity contribution < 1.29 is 9.59 Å². The van der Waals surface area contributed by atoms with Gasteiger partial charge in [-0.25, -0.2) is 0 Å². The van der Waals surface area contributed by atoms with Crippen LogP contribution in [0.5, 0.6) is 0 Å². The van der Waals surface area contributed by atoms with Gasteiger partial charge in [-0.1, -0.05) is 0 Å². The van der Waals surface area contributed by atoms with E-state index in [0.717, 1.165) is 29.1 Å². The van der Waals surface area contributed by atoms with E-state index < -0.39 is 6.04 Å². The summed E-state index contributed by atoms with van der Waals surface area (Å²) in [7, 11) is 0. The van der Waals surface area contributed by atoms with Crippen LogP contribution in [-0.2, 0) is 4.79 Å². The van der Waals surface area contributed by atoms with Crippen molar-refractivity contribution in [3.8, 4) is 6.07 Å². The molecule has 2 atom stereocenters. The van der Waals surface area contributed by atoms with Crippen molar-refractivity contribution in [2.45, 2.75) is 37.8 Å². The van der Waals surface area contributed by atoms with Crippen LogP contribution in [0.2, 0.25) is 0 Å². The summed E-state index contributed by atoms with van der Waals surface area (Å²) in [5.41, 5.74) is 2.44. The molecule has 2 saturated heterocycles. The second-order valence-corrected chi connectivity index (χ2v) is 9.49. The predicted octanol–water partition coefficient (Wildman–Crippen LogP) is 2.77. The summed E-state index contributed by atoms with van der Waals surface area (Å²) in [5.74, 6) is 1.40. The Hall–Kier alpha value is -2.79. The molecule has 3 aliphatic rings. The number of benzene rings is 1. The lowest BCUT2D eigenvalue weighted by Crippen LogP contribution is -2.42. The highest BCUT2D eigenvalue weighted by atomic mass is 32.2. The van der Waals surface area contributed by atoms with Crippen LogP contribution in [0.3, 0.4) is 0 Å². The molecule has 1 N–H and O–H groups in total. The van der Waals surface area contributed by atoms with Crippen molar-refractivity contribution in [2.75, 3.05) is 29.6 Å². The number of hydrogen-bond acceptors (Lipinski definition) is 6. The topological polar surface area (TPSA) is 89.3 Å². The van der Waals surface area contributed by atoms with Gasteiger partial charge in [-0.15, -0.1) is 11.8 Å². The maximum Gasteiger partial charge on any atom is 0.252 e. The third-order valence-electron chi connectivity index (χ3n) is 6.52. The van der Waals surface area contributed by atoms with E-state index in [4.69, 9.17) is 0 Å². The molecule has 1 aliphatic carbocycles. The van der Waals surface area contributed by atoms with Crippen LogP contribution in [-0.4, -0.2) is 58.5 Å². The van der Waals surface area contributed by atoms with Gasteiger partial charge < -0.3 is 15.1 Å². The highest BCUT2D eigenvalue weighted by Gasteiger charge is 2.38. The van der Waals surface area contributed by atoms with E-state index >= 15 is 0 Å². The number of aromatic nitrogens is 1. The molecule has 8 heteroatoms. The molecule has 2 aliphatic heterocycles. The summed E-state index contributed by atoms with van der Waals surface area (Å²) in [6, 6.07) is 10.2.